The van der Waals surface area contributed by atoms with E-state index in [1.165, 1.54) is 28.6 Å². The molecule has 0 spiro atoms. The Labute approximate surface area is 469 Å². The second-order valence-corrected chi connectivity index (χ2v) is 23.7. The first-order chi connectivity index (χ1) is 37.0. The fourth-order valence-electron chi connectivity index (χ4n) is 11.4. The number of amides is 5. The predicted octanol–water partition coefficient (Wildman–Crippen LogP) is 8.92. The third-order valence-corrected chi connectivity index (χ3v) is 17.3. The number of likely N-dealkylation sites (N-methyl/N-ethyl adjacent to an activating group) is 2. The second-order valence-electron chi connectivity index (χ2n) is 22.6. The zero-order valence-electron chi connectivity index (χ0n) is 48.9. The summed E-state index contributed by atoms with van der Waals surface area (Å²) in [6, 6.07) is 14.8. The second kappa shape index (κ2) is 31.7. The van der Waals surface area contributed by atoms with E-state index >= 15 is 0 Å². The summed E-state index contributed by atoms with van der Waals surface area (Å²) in [4.78, 5) is 114. The zero-order chi connectivity index (χ0) is 58.0. The topological polar surface area (TPSA) is 197 Å². The summed E-state index contributed by atoms with van der Waals surface area (Å²) in [5, 5.41) is 10.7. The van der Waals surface area contributed by atoms with Gasteiger partial charge in [0.15, 0.2) is 5.78 Å². The number of rotatable bonds is 33. The lowest BCUT2D eigenvalue weighted by Crippen LogP contribution is -2.54. The van der Waals surface area contributed by atoms with E-state index in [2.05, 4.69) is 0 Å². The number of hydrogen-bond donors (Lipinski definition) is 1. The average Bonchev–Trinajstić information content (AvgIpc) is 4.03. The van der Waals surface area contributed by atoms with Crippen LogP contribution in [0.5, 0.6) is 0 Å². The molecule has 0 bridgehead atoms. The Bertz CT molecular complexity index is 2300. The van der Waals surface area contributed by atoms with E-state index < -0.39 is 48.3 Å². The molecule has 434 valence electrons. The largest absolute Gasteiger partial charge is 0.445 e. The number of thioether (sulfide) groups is 1. The number of nitrogens with zero attached hydrogens (tertiary/aromatic N) is 4. The number of Topliss-reactive ketones (excluding diaryl/α,β-unsaturated/α-hetero) is 3. The Kier molecular flexibility index (Phi) is 26.7. The van der Waals surface area contributed by atoms with E-state index in [0.29, 0.717) is 50.8 Å². The molecule has 5 amide bonds. The van der Waals surface area contributed by atoms with E-state index in [9.17, 15) is 43.5 Å². The van der Waals surface area contributed by atoms with Crippen molar-refractivity contribution in [2.45, 2.75) is 181 Å². The molecule has 2 heterocycles. The number of benzene rings is 2. The molecule has 2 saturated heterocycles. The minimum atomic E-state index is -0.885. The smallest absolute Gasteiger partial charge is 0.410 e. The van der Waals surface area contributed by atoms with E-state index in [-0.39, 0.29) is 115 Å². The van der Waals surface area contributed by atoms with Gasteiger partial charge < -0.3 is 34.0 Å². The monoisotopic (exact) mass is 1100 g/mol. The Morgan fingerprint density at radius 3 is 2.01 bits per heavy atom. The van der Waals surface area contributed by atoms with Crippen LogP contribution < -0.4 is 0 Å². The van der Waals surface area contributed by atoms with Crippen LogP contribution in [0.3, 0.4) is 0 Å². The van der Waals surface area contributed by atoms with Gasteiger partial charge in [0.25, 0.3) is 0 Å². The van der Waals surface area contributed by atoms with Crippen LogP contribution in [0.1, 0.15) is 149 Å². The van der Waals surface area contributed by atoms with Crippen LogP contribution in [0.25, 0.3) is 0 Å². The highest BCUT2D eigenvalue weighted by atomic mass is 32.2. The van der Waals surface area contributed by atoms with Gasteiger partial charge in [-0.15, -0.1) is 0 Å². The molecule has 2 fully saturated rings. The van der Waals surface area contributed by atoms with Gasteiger partial charge in [-0.1, -0.05) is 123 Å². The van der Waals surface area contributed by atoms with Gasteiger partial charge in [-0.3, -0.25) is 38.5 Å². The Balaban J connectivity index is 1.34. The van der Waals surface area contributed by atoms with Crippen LogP contribution >= 0.6 is 11.8 Å². The van der Waals surface area contributed by atoms with Gasteiger partial charge >= 0.3 is 6.09 Å². The summed E-state index contributed by atoms with van der Waals surface area (Å²) in [5.41, 5.74) is 2.28. The molecule has 78 heavy (non-hydrogen) atoms. The number of aliphatic hydroxyl groups excluding tert-OH is 1. The lowest BCUT2D eigenvalue weighted by molar-refractivity contribution is -0.149. The maximum Gasteiger partial charge on any atom is 0.410 e. The van der Waals surface area contributed by atoms with Gasteiger partial charge in [-0.05, 0) is 72.3 Å². The number of methoxy groups -OCH3 is 2. The van der Waals surface area contributed by atoms with Crippen molar-refractivity contribution >= 4 is 58.8 Å². The predicted molar refractivity (Wildman–Crippen MR) is 303 cm³/mol. The normalized spacial score (nSPS) is 19.2. The lowest BCUT2D eigenvalue weighted by Gasteiger charge is -2.41. The Morgan fingerprint density at radius 1 is 0.782 bits per heavy atom. The summed E-state index contributed by atoms with van der Waals surface area (Å²) < 4.78 is 17.8. The minimum Gasteiger partial charge on any atom is -0.445 e. The van der Waals surface area contributed by atoms with Gasteiger partial charge in [-0.2, -0.15) is 11.8 Å². The van der Waals surface area contributed by atoms with Crippen LogP contribution in [-0.2, 0) is 60.8 Å². The van der Waals surface area contributed by atoms with Gasteiger partial charge in [0, 0.05) is 85.3 Å². The summed E-state index contributed by atoms with van der Waals surface area (Å²) in [6.07, 6.45) is 4.10. The molecule has 0 aromatic heterocycles. The molecular weight excluding hydrogens is 1010 g/mol. The summed E-state index contributed by atoms with van der Waals surface area (Å²) in [6.45, 7) is 16.0. The lowest BCUT2D eigenvalue weighted by atomic mass is 9.83. The molecule has 16 nitrogen and oxygen atoms in total. The first-order valence-corrected chi connectivity index (χ1v) is 29.6. The SMILES string of the molecule is CC[C@H](C)[C@@H]([C@@H](CC(=O)N1CCC[C@H]1[C@H](OC)[C@@H](C)C(=O)C[C@H](C)C(O)c1ccccc1)OC)N(C)C(=O)[C@@H](CC(=O)[C@H](C(C)C)N(C)C(=O)OCc1ccc(CC(=O)CCCCCN2C(=O)CC(SC)C2=O)cc1)C(C)C. The molecule has 2 aromatic carbocycles. The highest BCUT2D eigenvalue weighted by Gasteiger charge is 2.44. The van der Waals surface area contributed by atoms with Crippen LogP contribution in [0.15, 0.2) is 54.6 Å². The molecule has 2 unspecified atom stereocenters. The maximum absolute atomic E-state index is 14.8. The number of hydrogen-bond acceptors (Lipinski definition) is 13. The molecule has 11 atom stereocenters. The molecule has 4 rings (SSSR count). The van der Waals surface area contributed by atoms with Gasteiger partial charge in [0.05, 0.1) is 48.1 Å². The number of ether oxygens (including phenoxy) is 3. The molecule has 0 radical (unpaired) electrons. The number of carbonyl (C=O) groups is 8. The zero-order valence-corrected chi connectivity index (χ0v) is 49.8. The minimum absolute atomic E-state index is 0.0210. The molecular formula is C61H92N4O12S. The number of carbonyl (C=O) groups excluding carboxylic acids is 8. The molecule has 17 heteroatoms. The van der Waals surface area contributed by atoms with Crippen molar-refractivity contribution in [2.24, 2.45) is 35.5 Å². The number of likely N-dealkylation sites (tertiary alicyclic amines) is 2. The van der Waals surface area contributed by atoms with E-state index in [1.54, 1.807) is 43.2 Å². The van der Waals surface area contributed by atoms with Crippen molar-refractivity contribution in [3.63, 3.8) is 0 Å². The van der Waals surface area contributed by atoms with Gasteiger partial charge in [-0.25, -0.2) is 4.79 Å². The fourth-order valence-corrected chi connectivity index (χ4v) is 12.1. The molecule has 1 N–H and O–H groups in total. The highest BCUT2D eigenvalue weighted by molar-refractivity contribution is 8.00. The third-order valence-electron chi connectivity index (χ3n) is 16.4. The highest BCUT2D eigenvalue weighted by Crippen LogP contribution is 2.33. The standard InChI is InChI=1S/C61H92N4O12S/c1-14-40(6)56(51(75-11)35-53(69)64-31-21-25-48(64)58(76-12)42(8)49(67)32-41(7)57(71)45-22-17-15-18-23-45)62(9)59(72)47(38(2)3)34-50(68)55(39(4)5)63(10)61(74)77-37-44-28-26-43(27-29-44)33-46(66)24-19-16-20-30-65-54(70)36-52(78-13)60(65)73/h15,17-18,22-23,26-29,38-42,47-48,51-52,55-58,71H,14,16,19-21,24-25,30-37H2,1-13H3/t40-,41-,42-,47-,48-,51+,52?,55-,56-,57?,58+/m0/s1. The number of unbranched alkanes of at least 4 members (excludes halogenated alkanes) is 2. The van der Waals surface area contributed by atoms with Crippen molar-refractivity contribution in [2.75, 3.05) is 47.7 Å². The van der Waals surface area contributed by atoms with Crippen LogP contribution in [0, 0.1) is 35.5 Å². The molecule has 2 aliphatic rings. The van der Waals surface area contributed by atoms with E-state index in [1.807, 2.05) is 104 Å². The number of imide groups is 1. The maximum atomic E-state index is 14.8. The van der Waals surface area contributed by atoms with Crippen LogP contribution in [0.4, 0.5) is 4.79 Å². The van der Waals surface area contributed by atoms with Gasteiger partial charge in [0.2, 0.25) is 23.6 Å². The number of ketones is 3. The molecule has 2 aromatic rings. The fraction of sp³-hybridized carbons (Fsp3) is 0.672. The van der Waals surface area contributed by atoms with Crippen molar-refractivity contribution in [1.82, 2.24) is 19.6 Å². The first kappa shape index (κ1) is 65.5. The van der Waals surface area contributed by atoms with Gasteiger partial charge in [0.1, 0.15) is 18.2 Å². The summed E-state index contributed by atoms with van der Waals surface area (Å²) in [7, 11) is 6.34. The molecule has 0 aliphatic carbocycles. The van der Waals surface area contributed by atoms with Crippen molar-refractivity contribution in [3.8, 4) is 0 Å². The third kappa shape index (κ3) is 17.8. The molecule has 0 saturated carbocycles. The van der Waals surface area contributed by atoms with E-state index in [0.717, 1.165) is 24.0 Å². The van der Waals surface area contributed by atoms with Crippen molar-refractivity contribution in [3.05, 3.63) is 71.3 Å². The Hall–Kier alpha value is -4.97. The average molecular weight is 1110 g/mol. The Morgan fingerprint density at radius 2 is 1.44 bits per heavy atom. The summed E-state index contributed by atoms with van der Waals surface area (Å²) in [5.74, 6) is -3.19. The first-order valence-electron chi connectivity index (χ1n) is 28.3. The van der Waals surface area contributed by atoms with Crippen LogP contribution in [-0.4, -0.2) is 155 Å². The number of aliphatic hydroxyl groups is 1. The quantitative estimate of drug-likeness (QED) is 0.0526. The van der Waals surface area contributed by atoms with Crippen LogP contribution in [0.2, 0.25) is 0 Å². The summed E-state index contributed by atoms with van der Waals surface area (Å²) >= 11 is 1.40. The van der Waals surface area contributed by atoms with E-state index in [4.69, 9.17) is 14.2 Å². The van der Waals surface area contributed by atoms with Crippen molar-refractivity contribution < 1.29 is 57.7 Å². The molecule has 2 aliphatic heterocycles. The van der Waals surface area contributed by atoms with Crippen molar-refractivity contribution in [1.29, 1.82) is 0 Å².